The smallest absolute Gasteiger partial charge is 0.178 e. The van der Waals surface area contributed by atoms with Gasteiger partial charge >= 0.3 is 0 Å². The zero-order valence-corrected chi connectivity index (χ0v) is 14.6. The molecule has 1 aliphatic heterocycles. The molecule has 0 amide bonds. The standard InChI is InChI=1S/C18H18FN3O2S/c1-2-25(23,24)17-6-4-3-5-13(17)12-7-8-14(15(19)9-12)16-10-22-18(20)11-21-16/h3-9H,2,10-11H2,1H3,(H2,20,22). The molecule has 2 aromatic rings. The van der Waals surface area contributed by atoms with E-state index in [4.69, 9.17) is 5.73 Å². The Morgan fingerprint density at radius 1 is 1.08 bits per heavy atom. The largest absolute Gasteiger partial charge is 0.386 e. The summed E-state index contributed by atoms with van der Waals surface area (Å²) in [5.41, 5.74) is 7.46. The molecule has 0 spiro atoms. The van der Waals surface area contributed by atoms with Crippen molar-refractivity contribution in [1.29, 1.82) is 0 Å². The first kappa shape index (κ1) is 17.3. The molecule has 2 N–H and O–H groups in total. The number of halogens is 1. The zero-order valence-electron chi connectivity index (χ0n) is 13.7. The molecular weight excluding hydrogens is 341 g/mol. The molecule has 0 saturated heterocycles. The summed E-state index contributed by atoms with van der Waals surface area (Å²) in [6.07, 6.45) is 0. The van der Waals surface area contributed by atoms with Crippen molar-refractivity contribution in [3.05, 3.63) is 53.8 Å². The Bertz CT molecular complexity index is 982. The van der Waals surface area contributed by atoms with Gasteiger partial charge in [-0.05, 0) is 23.8 Å². The highest BCUT2D eigenvalue weighted by molar-refractivity contribution is 7.91. The summed E-state index contributed by atoms with van der Waals surface area (Å²) in [5.74, 6) is -0.0454. The second kappa shape index (κ2) is 6.76. The minimum atomic E-state index is -3.40. The molecule has 3 rings (SSSR count). The van der Waals surface area contributed by atoms with E-state index in [2.05, 4.69) is 9.98 Å². The third-order valence-corrected chi connectivity index (χ3v) is 5.84. The first-order chi connectivity index (χ1) is 11.9. The lowest BCUT2D eigenvalue weighted by Crippen LogP contribution is -2.24. The molecular formula is C18H18FN3O2S. The SMILES string of the molecule is CCS(=O)(=O)c1ccccc1-c1ccc(C2=NCC(N)=NC2)c(F)c1. The summed E-state index contributed by atoms with van der Waals surface area (Å²) in [6.45, 7) is 2.08. The van der Waals surface area contributed by atoms with E-state index in [-0.39, 0.29) is 23.7 Å². The molecule has 1 heterocycles. The molecule has 0 aromatic heterocycles. The summed E-state index contributed by atoms with van der Waals surface area (Å²) in [6, 6.07) is 11.3. The summed E-state index contributed by atoms with van der Waals surface area (Å²) in [4.78, 5) is 8.53. The van der Waals surface area contributed by atoms with Crippen LogP contribution in [0.2, 0.25) is 0 Å². The number of amidine groups is 1. The molecule has 0 saturated carbocycles. The van der Waals surface area contributed by atoms with E-state index in [1.165, 1.54) is 6.07 Å². The molecule has 7 heteroatoms. The van der Waals surface area contributed by atoms with Gasteiger partial charge in [0.2, 0.25) is 0 Å². The minimum Gasteiger partial charge on any atom is -0.386 e. The maximum absolute atomic E-state index is 14.6. The Morgan fingerprint density at radius 2 is 1.84 bits per heavy atom. The van der Waals surface area contributed by atoms with Gasteiger partial charge in [0.15, 0.2) is 9.84 Å². The average molecular weight is 359 g/mol. The summed E-state index contributed by atoms with van der Waals surface area (Å²) < 4.78 is 39.2. The van der Waals surface area contributed by atoms with E-state index < -0.39 is 15.7 Å². The van der Waals surface area contributed by atoms with E-state index in [9.17, 15) is 12.8 Å². The maximum Gasteiger partial charge on any atom is 0.178 e. The number of hydrogen-bond donors (Lipinski definition) is 1. The van der Waals surface area contributed by atoms with E-state index in [1.807, 2.05) is 0 Å². The third kappa shape index (κ3) is 3.46. The average Bonchev–Trinajstić information content (AvgIpc) is 2.62. The van der Waals surface area contributed by atoms with Gasteiger partial charge in [0.25, 0.3) is 0 Å². The van der Waals surface area contributed by atoms with Crippen LogP contribution in [0.4, 0.5) is 4.39 Å². The first-order valence-corrected chi connectivity index (χ1v) is 9.52. The second-order valence-corrected chi connectivity index (χ2v) is 7.91. The summed E-state index contributed by atoms with van der Waals surface area (Å²) in [7, 11) is -3.40. The van der Waals surface area contributed by atoms with Crippen molar-refractivity contribution < 1.29 is 12.8 Å². The molecule has 0 fully saturated rings. The molecule has 0 bridgehead atoms. The van der Waals surface area contributed by atoms with Gasteiger partial charge in [-0.15, -0.1) is 0 Å². The van der Waals surface area contributed by atoms with E-state index >= 15 is 0 Å². The van der Waals surface area contributed by atoms with E-state index in [0.717, 1.165) is 0 Å². The van der Waals surface area contributed by atoms with Crippen molar-refractivity contribution in [2.45, 2.75) is 11.8 Å². The van der Waals surface area contributed by atoms with Crippen LogP contribution in [0.15, 0.2) is 57.3 Å². The van der Waals surface area contributed by atoms with Gasteiger partial charge in [-0.2, -0.15) is 0 Å². The minimum absolute atomic E-state index is 0.0131. The number of sulfone groups is 1. The quantitative estimate of drug-likeness (QED) is 0.910. The van der Waals surface area contributed by atoms with Gasteiger partial charge in [0.1, 0.15) is 11.7 Å². The van der Waals surface area contributed by atoms with Crippen LogP contribution in [-0.4, -0.2) is 38.8 Å². The van der Waals surface area contributed by atoms with Crippen LogP contribution in [0, 0.1) is 5.82 Å². The molecule has 0 unspecified atom stereocenters. The normalized spacial score (nSPS) is 14.8. The topological polar surface area (TPSA) is 84.9 Å². The van der Waals surface area contributed by atoms with Crippen LogP contribution in [-0.2, 0) is 9.84 Å². The van der Waals surface area contributed by atoms with E-state index in [0.29, 0.717) is 28.2 Å². The molecule has 1 aliphatic rings. The van der Waals surface area contributed by atoms with Crippen LogP contribution in [0.3, 0.4) is 0 Å². The first-order valence-electron chi connectivity index (χ1n) is 7.86. The Hall–Kier alpha value is -2.54. The van der Waals surface area contributed by atoms with Crippen LogP contribution in [0.25, 0.3) is 11.1 Å². The Labute approximate surface area is 146 Å². The van der Waals surface area contributed by atoms with Crippen LogP contribution in [0.5, 0.6) is 0 Å². The Kier molecular flexibility index (Phi) is 4.67. The maximum atomic E-state index is 14.6. The van der Waals surface area contributed by atoms with Gasteiger partial charge < -0.3 is 5.73 Å². The number of benzene rings is 2. The number of nitrogens with zero attached hydrogens (tertiary/aromatic N) is 2. The van der Waals surface area contributed by atoms with Gasteiger partial charge in [-0.3, -0.25) is 9.98 Å². The number of nitrogens with two attached hydrogens (primary N) is 1. The molecule has 2 aromatic carbocycles. The lowest BCUT2D eigenvalue weighted by atomic mass is 10.0. The number of hydrogen-bond acceptors (Lipinski definition) is 5. The molecule has 5 nitrogen and oxygen atoms in total. The monoisotopic (exact) mass is 359 g/mol. The third-order valence-electron chi connectivity index (χ3n) is 4.06. The van der Waals surface area contributed by atoms with Crippen molar-refractivity contribution in [3.8, 4) is 11.1 Å². The van der Waals surface area contributed by atoms with Crippen LogP contribution in [0.1, 0.15) is 12.5 Å². The van der Waals surface area contributed by atoms with Gasteiger partial charge in [-0.25, -0.2) is 12.8 Å². The predicted molar refractivity (Wildman–Crippen MR) is 97.5 cm³/mol. The fourth-order valence-corrected chi connectivity index (χ4v) is 3.79. The Balaban J connectivity index is 2.03. The van der Waals surface area contributed by atoms with Crippen LogP contribution >= 0.6 is 0 Å². The van der Waals surface area contributed by atoms with E-state index in [1.54, 1.807) is 43.3 Å². The summed E-state index contributed by atoms with van der Waals surface area (Å²) >= 11 is 0. The summed E-state index contributed by atoms with van der Waals surface area (Å²) in [5, 5.41) is 0. The lowest BCUT2D eigenvalue weighted by molar-refractivity contribution is 0.597. The zero-order chi connectivity index (χ0) is 18.0. The highest BCUT2D eigenvalue weighted by Gasteiger charge is 2.19. The predicted octanol–water partition coefficient (Wildman–Crippen LogP) is 2.45. The van der Waals surface area contributed by atoms with Crippen LogP contribution < -0.4 is 5.73 Å². The number of aliphatic imine (C=N–C) groups is 2. The van der Waals surface area contributed by atoms with Crippen molar-refractivity contribution >= 4 is 21.4 Å². The molecule has 0 atom stereocenters. The number of rotatable bonds is 4. The van der Waals surface area contributed by atoms with Crippen molar-refractivity contribution in [1.82, 2.24) is 0 Å². The Morgan fingerprint density at radius 3 is 2.48 bits per heavy atom. The highest BCUT2D eigenvalue weighted by atomic mass is 32.2. The highest BCUT2D eigenvalue weighted by Crippen LogP contribution is 2.29. The fraction of sp³-hybridized carbons (Fsp3) is 0.222. The van der Waals surface area contributed by atoms with Crippen molar-refractivity contribution in [2.75, 3.05) is 18.8 Å². The molecule has 25 heavy (non-hydrogen) atoms. The van der Waals surface area contributed by atoms with Crippen molar-refractivity contribution in [2.24, 2.45) is 15.7 Å². The van der Waals surface area contributed by atoms with Gasteiger partial charge in [-0.1, -0.05) is 31.2 Å². The molecule has 0 radical (unpaired) electrons. The second-order valence-electron chi connectivity index (χ2n) is 5.66. The molecule has 130 valence electrons. The van der Waals surface area contributed by atoms with Crippen molar-refractivity contribution in [3.63, 3.8) is 0 Å². The molecule has 0 aliphatic carbocycles. The lowest BCUT2D eigenvalue weighted by Gasteiger charge is -2.13. The van der Waals surface area contributed by atoms with Gasteiger partial charge in [0.05, 0.1) is 29.4 Å². The van der Waals surface area contributed by atoms with Gasteiger partial charge in [0, 0.05) is 11.1 Å². The fourth-order valence-electron chi connectivity index (χ4n) is 2.67.